The van der Waals surface area contributed by atoms with Gasteiger partial charge >= 0.3 is 0 Å². The van der Waals surface area contributed by atoms with E-state index in [0.717, 1.165) is 35.8 Å². The van der Waals surface area contributed by atoms with Crippen LogP contribution < -0.4 is 21.5 Å². The van der Waals surface area contributed by atoms with Crippen molar-refractivity contribution in [2.45, 2.75) is 78.3 Å². The predicted octanol–water partition coefficient (Wildman–Crippen LogP) is 8.23. The highest BCUT2D eigenvalue weighted by Crippen LogP contribution is 2.26. The lowest BCUT2D eigenvalue weighted by molar-refractivity contribution is -0.945. The largest absolute Gasteiger partial charge is 0.322 e. The second-order valence-corrected chi connectivity index (χ2v) is 15.3. The molecule has 0 spiro atoms. The molecule has 0 aliphatic carbocycles. The molecule has 2 aliphatic heterocycles. The first-order chi connectivity index (χ1) is 25.4. The molecule has 0 aromatic heterocycles. The van der Waals surface area contributed by atoms with Crippen LogP contribution in [0.2, 0.25) is 0 Å². The van der Waals surface area contributed by atoms with Crippen LogP contribution in [-0.2, 0) is 13.1 Å². The third kappa shape index (κ3) is 10.1. The van der Waals surface area contributed by atoms with Gasteiger partial charge in [0.05, 0.1) is 45.0 Å². The zero-order chi connectivity index (χ0) is 36.2. The molecule has 2 aliphatic rings. The van der Waals surface area contributed by atoms with Gasteiger partial charge in [0.15, 0.2) is 5.69 Å². The fourth-order valence-corrected chi connectivity index (χ4v) is 8.42. The number of nitrogens with two attached hydrogens (primary N) is 1. The second-order valence-electron chi connectivity index (χ2n) is 15.3. The van der Waals surface area contributed by atoms with Crippen LogP contribution in [0.5, 0.6) is 0 Å². The Morgan fingerprint density at radius 2 is 0.904 bits per heavy atom. The number of hydrogen-bond donors (Lipinski definition) is 4. The van der Waals surface area contributed by atoms with Crippen LogP contribution in [0, 0.1) is 0 Å². The Kier molecular flexibility index (Phi) is 12.8. The summed E-state index contributed by atoms with van der Waals surface area (Å²) in [7, 11) is 0. The molecular weight excluding hydrogens is 645 g/mol. The van der Waals surface area contributed by atoms with Gasteiger partial charge in [0.2, 0.25) is 0 Å². The van der Waals surface area contributed by atoms with Gasteiger partial charge in [0.25, 0.3) is 11.8 Å². The molecular formula is C44H59N6O2+3. The molecule has 8 heteroatoms. The molecule has 2 saturated heterocycles. The summed E-state index contributed by atoms with van der Waals surface area (Å²) in [5.74, 6) is -0.251. The minimum atomic E-state index is -0.127. The quantitative estimate of drug-likeness (QED) is 0.0436. The maximum absolute atomic E-state index is 13.0. The summed E-state index contributed by atoms with van der Waals surface area (Å²) >= 11 is 0. The number of nitrogen functional groups attached to an aromatic ring is 1. The van der Waals surface area contributed by atoms with E-state index in [2.05, 4.69) is 54.2 Å². The molecule has 4 aromatic rings. The number of carbonyl (C=O) groups is 2. The van der Waals surface area contributed by atoms with Crippen molar-refractivity contribution < 1.29 is 24.0 Å². The van der Waals surface area contributed by atoms with Crippen molar-refractivity contribution in [3.63, 3.8) is 0 Å². The molecule has 274 valence electrons. The van der Waals surface area contributed by atoms with Crippen LogP contribution in [0.4, 0.5) is 22.7 Å². The Morgan fingerprint density at radius 1 is 0.519 bits per heavy atom. The summed E-state index contributed by atoms with van der Waals surface area (Å²) in [6, 6.07) is 31.7. The minimum absolute atomic E-state index is 0.123. The van der Waals surface area contributed by atoms with Crippen LogP contribution in [-0.4, -0.2) is 60.0 Å². The lowest BCUT2D eigenvalue weighted by atomic mass is 10.0. The molecule has 0 saturated carbocycles. The van der Waals surface area contributed by atoms with Crippen LogP contribution in [0.1, 0.15) is 97.1 Å². The van der Waals surface area contributed by atoms with E-state index < -0.39 is 0 Å². The lowest BCUT2D eigenvalue weighted by Gasteiger charge is -2.41. The van der Waals surface area contributed by atoms with Gasteiger partial charge in [-0.15, -0.1) is 0 Å². The summed E-state index contributed by atoms with van der Waals surface area (Å²) < 4.78 is 2.38. The highest BCUT2D eigenvalue weighted by Gasteiger charge is 2.30. The van der Waals surface area contributed by atoms with E-state index in [1.54, 1.807) is 0 Å². The molecule has 0 atom stereocenters. The van der Waals surface area contributed by atoms with E-state index in [4.69, 9.17) is 0 Å². The molecule has 2 amide bonds. The van der Waals surface area contributed by atoms with Crippen molar-refractivity contribution >= 4 is 34.6 Å². The molecule has 0 bridgehead atoms. The van der Waals surface area contributed by atoms with Gasteiger partial charge in [0.1, 0.15) is 13.1 Å². The highest BCUT2D eigenvalue weighted by atomic mass is 16.2. The summed E-state index contributed by atoms with van der Waals surface area (Å²) in [6.45, 7) is 14.3. The van der Waals surface area contributed by atoms with Gasteiger partial charge in [-0.3, -0.25) is 9.59 Å². The molecule has 5 N–H and O–H groups in total. The number of nitrogens with one attached hydrogen (secondary N) is 3. The molecule has 4 aromatic carbocycles. The first-order valence-electron chi connectivity index (χ1n) is 19.7. The standard InChI is InChI=1S/C44H56N6O2/c1-3-27-49(29-7-5-8-30-49)33-35-11-19-39(20-12-35)45-43(51)37-15-23-41(24-16-37)47-48-42-25-17-38(18-26-42)44(52)46-40-21-13-36(14-22-40)34-50(28-4-2)31-9-6-10-32-50/h11-26H,3-10,27-34H2,1-2H3,(H2-2,45,46,47,48,51,52)/p+3. The zero-order valence-corrected chi connectivity index (χ0v) is 31.3. The molecule has 8 nitrogen and oxygen atoms in total. The number of anilines is 3. The summed E-state index contributed by atoms with van der Waals surface area (Å²) in [4.78, 5) is 26.0. The van der Waals surface area contributed by atoms with Gasteiger partial charge in [-0.1, -0.05) is 38.1 Å². The normalized spacial score (nSPS) is 16.5. The number of quaternary nitrogens is 3. The van der Waals surface area contributed by atoms with Gasteiger partial charge in [0, 0.05) is 45.8 Å². The number of amides is 2. The topological polar surface area (TPSA) is 86.8 Å². The van der Waals surface area contributed by atoms with Crippen LogP contribution in [0.15, 0.2) is 97.1 Å². The average molecular weight is 704 g/mol. The van der Waals surface area contributed by atoms with E-state index in [1.165, 1.54) is 111 Å². The Morgan fingerprint density at radius 3 is 1.31 bits per heavy atom. The molecule has 2 heterocycles. The lowest BCUT2D eigenvalue weighted by Crippen LogP contribution is -2.82. The number of likely N-dealkylation sites (tertiary alicyclic amines) is 2. The van der Waals surface area contributed by atoms with E-state index in [1.807, 2.05) is 78.2 Å². The van der Waals surface area contributed by atoms with Crippen molar-refractivity contribution in [2.24, 2.45) is 0 Å². The number of rotatable bonds is 15. The number of carbonyl (C=O) groups excluding carboxylic acids is 2. The SMILES string of the molecule is CCC[N+]1(Cc2ccc(NC(=O)c3ccc(N[NH2+]c4ccc(C(=O)Nc5ccc(C[N+]6(CCC)CCCCC6)cc5)cc4)cc3)cc2)CCCCC1. The van der Waals surface area contributed by atoms with E-state index in [-0.39, 0.29) is 11.8 Å². The van der Waals surface area contributed by atoms with Crippen molar-refractivity contribution in [1.82, 2.24) is 0 Å². The zero-order valence-electron chi connectivity index (χ0n) is 31.3. The number of hydrogen-bond acceptors (Lipinski definition) is 3. The van der Waals surface area contributed by atoms with E-state index in [0.29, 0.717) is 11.1 Å². The van der Waals surface area contributed by atoms with Gasteiger partial charge < -0.3 is 19.6 Å². The van der Waals surface area contributed by atoms with Gasteiger partial charge in [-0.2, -0.15) is 0 Å². The first kappa shape index (κ1) is 37.3. The first-order valence-corrected chi connectivity index (χ1v) is 19.7. The van der Waals surface area contributed by atoms with Crippen molar-refractivity contribution in [3.05, 3.63) is 119 Å². The smallest absolute Gasteiger partial charge is 0.255 e. The highest BCUT2D eigenvalue weighted by molar-refractivity contribution is 6.05. The summed E-state index contributed by atoms with van der Waals surface area (Å²) in [5.41, 5.74) is 12.5. The fraction of sp³-hybridized carbons (Fsp3) is 0.409. The Bertz CT molecular complexity index is 1580. The Balaban J connectivity index is 0.948. The number of benzene rings is 4. The van der Waals surface area contributed by atoms with Crippen molar-refractivity contribution in [1.29, 1.82) is 0 Å². The third-order valence-corrected chi connectivity index (χ3v) is 11.1. The van der Waals surface area contributed by atoms with Crippen LogP contribution in [0.25, 0.3) is 0 Å². The number of nitrogens with zero attached hydrogens (tertiary/aromatic N) is 2. The number of piperidine rings is 2. The Labute approximate surface area is 310 Å². The molecule has 0 radical (unpaired) electrons. The van der Waals surface area contributed by atoms with Crippen molar-refractivity contribution in [2.75, 3.05) is 55.3 Å². The van der Waals surface area contributed by atoms with Crippen molar-refractivity contribution in [3.8, 4) is 0 Å². The van der Waals surface area contributed by atoms with Crippen LogP contribution in [0.3, 0.4) is 0 Å². The maximum atomic E-state index is 13.0. The maximum Gasteiger partial charge on any atom is 0.255 e. The molecule has 0 unspecified atom stereocenters. The van der Waals surface area contributed by atoms with E-state index >= 15 is 0 Å². The molecule has 52 heavy (non-hydrogen) atoms. The summed E-state index contributed by atoms with van der Waals surface area (Å²) in [5, 5.41) is 6.10. The monoisotopic (exact) mass is 703 g/mol. The predicted molar refractivity (Wildman–Crippen MR) is 212 cm³/mol. The third-order valence-electron chi connectivity index (χ3n) is 11.1. The van der Waals surface area contributed by atoms with Gasteiger partial charge in [-0.25, -0.2) is 10.9 Å². The fourth-order valence-electron chi connectivity index (χ4n) is 8.42. The van der Waals surface area contributed by atoms with Crippen LogP contribution >= 0.6 is 0 Å². The average Bonchev–Trinajstić information content (AvgIpc) is 3.17. The minimum Gasteiger partial charge on any atom is -0.322 e. The van der Waals surface area contributed by atoms with E-state index in [9.17, 15) is 9.59 Å². The Hall–Kier alpha value is -4.50. The van der Waals surface area contributed by atoms with Gasteiger partial charge in [-0.05, 0) is 112 Å². The molecule has 2 fully saturated rings. The summed E-state index contributed by atoms with van der Waals surface area (Å²) in [6.07, 6.45) is 10.4. The molecule has 6 rings (SSSR count). The second kappa shape index (κ2) is 17.8.